The number of anilines is 1. The van der Waals surface area contributed by atoms with Gasteiger partial charge in [0.1, 0.15) is 18.3 Å². The highest BCUT2D eigenvalue weighted by atomic mass is 35.5. The smallest absolute Gasteiger partial charge is 0.343 e. The SMILES string of the molecule is C/C=C/[C@H](O)[C@@H]1CC[C@H]1CN1CCCCc2cc(Cl)ccc2COc2ccc([C@](O)(C(=O)OC)[C@@H](CC)C(=O)OCC(C)C)cc21. The topological polar surface area (TPSA) is 106 Å². The number of carbonyl (C=O) groups is 2. The minimum atomic E-state index is -2.28. The maximum absolute atomic E-state index is 13.4. The molecule has 0 unspecified atom stereocenters. The molecular weight excluding hydrogens is 606 g/mol. The normalized spacial score (nSPS) is 21.1. The largest absolute Gasteiger partial charge is 0.487 e. The number of allylic oxidation sites excluding steroid dienone is 1. The standard InChI is InChI=1S/C37H50ClNO7/c1-6-10-33(40)30-16-13-26(30)21-39-18-9-8-11-25-19-29(38)15-12-27(25)23-45-34-17-14-28(20-32(34)39)37(43,36(42)44-5)31(7-2)35(41)46-22-24(3)4/h6,10,12,14-15,17,19-20,24,26,30-31,33,40,43H,7-9,11,13,16,18,21-23H2,1-5H3/b10-6+/t26-,30+,31-,33-,37+/m0/s1. The molecule has 1 heterocycles. The lowest BCUT2D eigenvalue weighted by Gasteiger charge is -2.43. The molecule has 2 N–H and O–H groups in total. The Hall–Kier alpha value is -3.07. The van der Waals surface area contributed by atoms with Crippen LogP contribution in [0.25, 0.3) is 0 Å². The van der Waals surface area contributed by atoms with Gasteiger partial charge in [-0.25, -0.2) is 4.79 Å². The summed E-state index contributed by atoms with van der Waals surface area (Å²) >= 11 is 6.35. The van der Waals surface area contributed by atoms with E-state index in [1.807, 2.05) is 51.1 Å². The molecule has 1 saturated carbocycles. The molecule has 9 heteroatoms. The Morgan fingerprint density at radius 2 is 1.93 bits per heavy atom. The minimum absolute atomic E-state index is 0.0923. The molecule has 2 aromatic rings. The van der Waals surface area contributed by atoms with E-state index in [4.69, 9.17) is 25.8 Å². The van der Waals surface area contributed by atoms with Crippen LogP contribution in [0, 0.1) is 23.7 Å². The summed E-state index contributed by atoms with van der Waals surface area (Å²) in [4.78, 5) is 29.0. The van der Waals surface area contributed by atoms with Gasteiger partial charge in [-0.2, -0.15) is 0 Å². The number of aliphatic hydroxyl groups is 2. The van der Waals surface area contributed by atoms with Crippen molar-refractivity contribution >= 4 is 29.2 Å². The first-order chi connectivity index (χ1) is 22.0. The molecule has 5 atom stereocenters. The number of rotatable bonds is 11. The predicted molar refractivity (Wildman–Crippen MR) is 180 cm³/mol. The molecule has 0 saturated heterocycles. The van der Waals surface area contributed by atoms with Crippen molar-refractivity contribution in [3.8, 4) is 5.75 Å². The summed E-state index contributed by atoms with van der Waals surface area (Å²) < 4.78 is 17.1. The zero-order valence-corrected chi connectivity index (χ0v) is 28.6. The van der Waals surface area contributed by atoms with E-state index in [9.17, 15) is 19.8 Å². The number of halogens is 1. The first-order valence-corrected chi connectivity index (χ1v) is 17.0. The Morgan fingerprint density at radius 3 is 2.59 bits per heavy atom. The Bertz CT molecular complexity index is 1380. The van der Waals surface area contributed by atoms with Gasteiger partial charge >= 0.3 is 11.9 Å². The van der Waals surface area contributed by atoms with Crippen molar-refractivity contribution in [2.24, 2.45) is 23.7 Å². The van der Waals surface area contributed by atoms with Crippen LogP contribution in [-0.2, 0) is 37.7 Å². The monoisotopic (exact) mass is 655 g/mol. The van der Waals surface area contributed by atoms with Crippen LogP contribution in [-0.4, -0.2) is 55.1 Å². The number of ether oxygens (including phenoxy) is 3. The molecule has 4 rings (SSSR count). The summed E-state index contributed by atoms with van der Waals surface area (Å²) in [5, 5.41) is 23.7. The number of carbonyl (C=O) groups excluding carboxylic acids is 2. The summed E-state index contributed by atoms with van der Waals surface area (Å²) in [6, 6.07) is 11.0. The number of aliphatic hydroxyl groups excluding tert-OH is 1. The highest BCUT2D eigenvalue weighted by molar-refractivity contribution is 6.30. The third kappa shape index (κ3) is 8.07. The van der Waals surface area contributed by atoms with Gasteiger partial charge in [0, 0.05) is 18.1 Å². The van der Waals surface area contributed by atoms with Crippen LogP contribution in [0.2, 0.25) is 5.02 Å². The number of fused-ring (bicyclic) bond motifs is 2. The predicted octanol–water partition coefficient (Wildman–Crippen LogP) is 6.61. The minimum Gasteiger partial charge on any atom is -0.487 e. The maximum Gasteiger partial charge on any atom is 0.343 e. The first kappa shape index (κ1) is 35.8. The molecule has 0 amide bonds. The summed E-state index contributed by atoms with van der Waals surface area (Å²) in [7, 11) is 1.20. The van der Waals surface area contributed by atoms with Crippen molar-refractivity contribution in [2.45, 2.75) is 84.5 Å². The molecule has 0 radical (unpaired) electrons. The zero-order chi connectivity index (χ0) is 33.4. The number of aryl methyl sites for hydroxylation is 1. The van der Waals surface area contributed by atoms with E-state index in [0.29, 0.717) is 36.2 Å². The van der Waals surface area contributed by atoms with Gasteiger partial charge in [0.05, 0.1) is 25.5 Å². The van der Waals surface area contributed by atoms with Gasteiger partial charge in [-0.05, 0) is 104 Å². The highest BCUT2D eigenvalue weighted by Crippen LogP contribution is 2.43. The van der Waals surface area contributed by atoms with Crippen molar-refractivity contribution in [1.82, 2.24) is 0 Å². The van der Waals surface area contributed by atoms with Gasteiger partial charge in [-0.3, -0.25) is 4.79 Å². The summed E-state index contributed by atoms with van der Waals surface area (Å²) in [6.07, 6.45) is 7.98. The molecule has 1 aliphatic heterocycles. The molecule has 46 heavy (non-hydrogen) atoms. The van der Waals surface area contributed by atoms with Gasteiger partial charge < -0.3 is 29.3 Å². The molecule has 252 valence electrons. The fraction of sp³-hybridized carbons (Fsp3) is 0.568. The summed E-state index contributed by atoms with van der Waals surface area (Å²) in [5.41, 5.74) is 0.870. The van der Waals surface area contributed by atoms with Crippen LogP contribution >= 0.6 is 11.6 Å². The van der Waals surface area contributed by atoms with E-state index < -0.39 is 29.6 Å². The van der Waals surface area contributed by atoms with Crippen LogP contribution in [0.3, 0.4) is 0 Å². The van der Waals surface area contributed by atoms with Gasteiger partial charge in [0.2, 0.25) is 5.60 Å². The van der Waals surface area contributed by atoms with Crippen LogP contribution < -0.4 is 9.64 Å². The van der Waals surface area contributed by atoms with E-state index >= 15 is 0 Å². The molecule has 2 aromatic carbocycles. The Balaban J connectivity index is 1.79. The van der Waals surface area contributed by atoms with Crippen molar-refractivity contribution in [2.75, 3.05) is 31.7 Å². The molecule has 0 spiro atoms. The number of benzene rings is 2. The van der Waals surface area contributed by atoms with Crippen molar-refractivity contribution in [3.05, 3.63) is 70.3 Å². The molecule has 0 aromatic heterocycles. The van der Waals surface area contributed by atoms with Gasteiger partial charge in [-0.15, -0.1) is 0 Å². The fourth-order valence-corrected chi connectivity index (χ4v) is 6.86. The zero-order valence-electron chi connectivity index (χ0n) is 27.8. The van der Waals surface area contributed by atoms with Gasteiger partial charge in [-0.1, -0.05) is 56.7 Å². The van der Waals surface area contributed by atoms with Crippen molar-refractivity contribution in [3.63, 3.8) is 0 Å². The second-order valence-corrected chi connectivity index (χ2v) is 13.5. The lowest BCUT2D eigenvalue weighted by atomic mass is 9.70. The second-order valence-electron chi connectivity index (χ2n) is 13.0. The van der Waals surface area contributed by atoms with E-state index in [1.165, 1.54) is 7.11 Å². The molecule has 0 bridgehead atoms. The lowest BCUT2D eigenvalue weighted by molar-refractivity contribution is -0.182. The molecule has 8 nitrogen and oxygen atoms in total. The lowest BCUT2D eigenvalue weighted by Crippen LogP contribution is -2.48. The number of methoxy groups -OCH3 is 1. The van der Waals surface area contributed by atoms with Crippen LogP contribution in [0.5, 0.6) is 5.75 Å². The molecular formula is C37H50ClNO7. The van der Waals surface area contributed by atoms with Crippen LogP contribution in [0.4, 0.5) is 5.69 Å². The fourth-order valence-electron chi connectivity index (χ4n) is 6.67. The van der Waals surface area contributed by atoms with E-state index in [0.717, 1.165) is 43.2 Å². The number of esters is 2. The van der Waals surface area contributed by atoms with E-state index in [2.05, 4.69) is 4.90 Å². The highest BCUT2D eigenvalue weighted by Gasteiger charge is 2.51. The third-order valence-electron chi connectivity index (χ3n) is 9.43. The molecule has 2 aliphatic rings. The molecule has 1 aliphatic carbocycles. The van der Waals surface area contributed by atoms with E-state index in [1.54, 1.807) is 25.1 Å². The number of hydrogen-bond donors (Lipinski definition) is 2. The first-order valence-electron chi connectivity index (χ1n) is 16.6. The van der Waals surface area contributed by atoms with Crippen molar-refractivity contribution in [1.29, 1.82) is 0 Å². The van der Waals surface area contributed by atoms with E-state index in [-0.39, 0.29) is 36.3 Å². The average molecular weight is 656 g/mol. The molecule has 1 fully saturated rings. The quantitative estimate of drug-likeness (QED) is 0.206. The van der Waals surface area contributed by atoms with Crippen molar-refractivity contribution < 1.29 is 34.0 Å². The Labute approximate surface area is 278 Å². The number of nitrogens with zero attached hydrogens (tertiary/aromatic N) is 1. The Morgan fingerprint density at radius 1 is 1.15 bits per heavy atom. The maximum atomic E-state index is 13.4. The average Bonchev–Trinajstić information content (AvgIpc) is 3.05. The summed E-state index contributed by atoms with van der Waals surface area (Å²) in [5.74, 6) is -1.69. The number of hydrogen-bond acceptors (Lipinski definition) is 8. The Kier molecular flexibility index (Phi) is 12.6. The van der Waals surface area contributed by atoms with Gasteiger partial charge in [0.15, 0.2) is 0 Å². The second kappa shape index (κ2) is 16.2. The van der Waals surface area contributed by atoms with Crippen LogP contribution in [0.15, 0.2) is 48.6 Å². The summed E-state index contributed by atoms with van der Waals surface area (Å²) in [6.45, 7) is 9.36. The third-order valence-corrected chi connectivity index (χ3v) is 9.66. The van der Waals surface area contributed by atoms with Crippen LogP contribution in [0.1, 0.15) is 76.5 Å². The van der Waals surface area contributed by atoms with Gasteiger partial charge in [0.25, 0.3) is 0 Å².